The van der Waals surface area contributed by atoms with Gasteiger partial charge in [-0.25, -0.2) is 0 Å². The molecular formula is C16H12Cl2F3NO3. The van der Waals surface area contributed by atoms with Crippen LogP contribution in [0.3, 0.4) is 0 Å². The lowest BCUT2D eigenvalue weighted by atomic mass is 10.1. The molecule has 2 rings (SSSR count). The van der Waals surface area contributed by atoms with Crippen molar-refractivity contribution in [1.29, 1.82) is 0 Å². The van der Waals surface area contributed by atoms with Gasteiger partial charge in [0.15, 0.2) is 11.5 Å². The number of nitrogens with one attached hydrogen (secondary N) is 1. The third-order valence-electron chi connectivity index (χ3n) is 3.23. The second kappa shape index (κ2) is 7.41. The fourth-order valence-electron chi connectivity index (χ4n) is 2.07. The molecule has 0 unspecified atom stereocenters. The van der Waals surface area contributed by atoms with Crippen LogP contribution >= 0.6 is 23.2 Å². The summed E-state index contributed by atoms with van der Waals surface area (Å²) in [7, 11) is 2.75. The number of alkyl halides is 3. The molecule has 0 saturated heterocycles. The van der Waals surface area contributed by atoms with Crippen LogP contribution in [-0.4, -0.2) is 20.1 Å². The number of carbonyl (C=O) groups excluding carboxylic acids is 1. The number of benzene rings is 2. The molecule has 0 heterocycles. The summed E-state index contributed by atoms with van der Waals surface area (Å²) >= 11 is 11.6. The van der Waals surface area contributed by atoms with Gasteiger partial charge < -0.3 is 14.8 Å². The van der Waals surface area contributed by atoms with E-state index < -0.39 is 22.7 Å². The minimum atomic E-state index is -4.63. The van der Waals surface area contributed by atoms with Crippen LogP contribution in [0.25, 0.3) is 0 Å². The number of amides is 1. The number of rotatable bonds is 4. The summed E-state index contributed by atoms with van der Waals surface area (Å²) in [5, 5.41) is 2.03. The van der Waals surface area contributed by atoms with Crippen molar-refractivity contribution < 1.29 is 27.4 Å². The van der Waals surface area contributed by atoms with Crippen LogP contribution < -0.4 is 14.8 Å². The lowest BCUT2D eigenvalue weighted by molar-refractivity contribution is -0.137. The molecule has 9 heteroatoms. The van der Waals surface area contributed by atoms with Crippen molar-refractivity contribution >= 4 is 34.8 Å². The van der Waals surface area contributed by atoms with Crippen molar-refractivity contribution in [3.05, 3.63) is 51.5 Å². The van der Waals surface area contributed by atoms with Crippen LogP contribution in [-0.2, 0) is 6.18 Å². The van der Waals surface area contributed by atoms with E-state index in [-0.39, 0.29) is 27.8 Å². The van der Waals surface area contributed by atoms with Gasteiger partial charge in [-0.05, 0) is 30.3 Å². The molecule has 0 saturated carbocycles. The summed E-state index contributed by atoms with van der Waals surface area (Å²) in [6.45, 7) is 0. The number of hydrogen-bond acceptors (Lipinski definition) is 3. The minimum absolute atomic E-state index is 0.0624. The number of carbonyl (C=O) groups is 1. The largest absolute Gasteiger partial charge is 0.493 e. The Morgan fingerprint density at radius 1 is 1.04 bits per heavy atom. The smallest absolute Gasteiger partial charge is 0.417 e. The Hall–Kier alpha value is -2.12. The Morgan fingerprint density at radius 3 is 2.28 bits per heavy atom. The zero-order valence-corrected chi connectivity index (χ0v) is 14.5. The molecular weight excluding hydrogens is 382 g/mol. The fourth-order valence-corrected chi connectivity index (χ4v) is 2.59. The van der Waals surface area contributed by atoms with Crippen LogP contribution in [0.2, 0.25) is 10.0 Å². The highest BCUT2D eigenvalue weighted by molar-refractivity contribution is 6.33. The minimum Gasteiger partial charge on any atom is -0.493 e. The summed E-state index contributed by atoms with van der Waals surface area (Å²) in [6.07, 6.45) is -4.63. The Morgan fingerprint density at radius 2 is 1.72 bits per heavy atom. The Labute approximate surface area is 151 Å². The van der Waals surface area contributed by atoms with Crippen molar-refractivity contribution in [2.75, 3.05) is 19.5 Å². The van der Waals surface area contributed by atoms with E-state index in [9.17, 15) is 18.0 Å². The molecule has 2 aromatic carbocycles. The zero-order chi connectivity index (χ0) is 18.8. The lowest BCUT2D eigenvalue weighted by Crippen LogP contribution is -2.14. The topological polar surface area (TPSA) is 47.6 Å². The van der Waals surface area contributed by atoms with E-state index in [2.05, 4.69) is 5.32 Å². The van der Waals surface area contributed by atoms with Crippen LogP contribution in [0.15, 0.2) is 30.3 Å². The summed E-state index contributed by atoms with van der Waals surface area (Å²) in [6, 6.07) is 5.75. The molecule has 0 aliphatic rings. The molecule has 0 bridgehead atoms. The molecule has 2 aromatic rings. The van der Waals surface area contributed by atoms with Crippen LogP contribution in [0, 0.1) is 0 Å². The third-order valence-corrected chi connectivity index (χ3v) is 3.84. The van der Waals surface area contributed by atoms with Gasteiger partial charge >= 0.3 is 6.18 Å². The summed E-state index contributed by atoms with van der Waals surface area (Å²) in [5.74, 6) is -0.211. The number of methoxy groups -OCH3 is 2. The molecule has 25 heavy (non-hydrogen) atoms. The van der Waals surface area contributed by atoms with Gasteiger partial charge in [-0.15, -0.1) is 0 Å². The van der Waals surface area contributed by atoms with Gasteiger partial charge in [0.1, 0.15) is 0 Å². The number of anilines is 1. The number of hydrogen-bond donors (Lipinski definition) is 1. The van der Waals surface area contributed by atoms with E-state index in [1.54, 1.807) is 0 Å². The predicted molar refractivity (Wildman–Crippen MR) is 89.0 cm³/mol. The van der Waals surface area contributed by atoms with Crippen LogP contribution in [0.4, 0.5) is 18.9 Å². The van der Waals surface area contributed by atoms with Crippen molar-refractivity contribution in [1.82, 2.24) is 0 Å². The van der Waals surface area contributed by atoms with Gasteiger partial charge in [0.2, 0.25) is 0 Å². The Balaban J connectivity index is 2.33. The first-order chi connectivity index (χ1) is 11.7. The maximum atomic E-state index is 12.9. The molecule has 1 amide bonds. The SMILES string of the molecule is COc1cc(C(=O)Nc2ccc(Cl)c(C(F)(F)F)c2)cc(Cl)c1OC. The second-order valence-corrected chi connectivity index (χ2v) is 5.65. The van der Waals surface area contributed by atoms with Crippen molar-refractivity contribution in [3.8, 4) is 11.5 Å². The summed E-state index contributed by atoms with van der Waals surface area (Å²) < 4.78 is 48.8. The van der Waals surface area contributed by atoms with E-state index in [0.717, 1.165) is 12.1 Å². The van der Waals surface area contributed by atoms with E-state index in [4.69, 9.17) is 32.7 Å². The maximum Gasteiger partial charge on any atom is 0.417 e. The molecule has 0 spiro atoms. The van der Waals surface area contributed by atoms with E-state index in [0.29, 0.717) is 0 Å². The molecule has 0 atom stereocenters. The van der Waals surface area contributed by atoms with Crippen molar-refractivity contribution in [2.45, 2.75) is 6.18 Å². The zero-order valence-electron chi connectivity index (χ0n) is 13.0. The maximum absolute atomic E-state index is 12.9. The molecule has 0 radical (unpaired) electrons. The molecule has 1 N–H and O–H groups in total. The molecule has 4 nitrogen and oxygen atoms in total. The highest BCUT2D eigenvalue weighted by atomic mass is 35.5. The molecule has 0 aliphatic carbocycles. The normalized spacial score (nSPS) is 11.2. The predicted octanol–water partition coefficient (Wildman–Crippen LogP) is 5.28. The first-order valence-corrected chi connectivity index (χ1v) is 7.52. The highest BCUT2D eigenvalue weighted by Gasteiger charge is 2.33. The van der Waals surface area contributed by atoms with Crippen LogP contribution in [0.5, 0.6) is 11.5 Å². The first kappa shape index (κ1) is 19.2. The Kier molecular flexibility index (Phi) is 5.69. The van der Waals surface area contributed by atoms with Gasteiger partial charge in [-0.3, -0.25) is 4.79 Å². The van der Waals surface area contributed by atoms with Crippen LogP contribution in [0.1, 0.15) is 15.9 Å². The van der Waals surface area contributed by atoms with Gasteiger partial charge in [0.25, 0.3) is 5.91 Å². The van der Waals surface area contributed by atoms with Gasteiger partial charge in [0, 0.05) is 11.3 Å². The number of halogens is 5. The molecule has 0 aliphatic heterocycles. The molecule has 134 valence electrons. The van der Waals surface area contributed by atoms with E-state index >= 15 is 0 Å². The van der Waals surface area contributed by atoms with Crippen molar-refractivity contribution in [2.24, 2.45) is 0 Å². The first-order valence-electron chi connectivity index (χ1n) is 6.77. The average Bonchev–Trinajstić information content (AvgIpc) is 2.54. The summed E-state index contributed by atoms with van der Waals surface area (Å²) in [5.41, 5.74) is -1.02. The average molecular weight is 394 g/mol. The molecule has 0 aromatic heterocycles. The summed E-state index contributed by atoms with van der Waals surface area (Å²) in [4.78, 5) is 12.3. The van der Waals surface area contributed by atoms with Gasteiger partial charge in [0.05, 0.1) is 29.8 Å². The standard InChI is InChI=1S/C16H12Cl2F3NO3/c1-24-13-6-8(5-12(18)14(13)25-2)15(23)22-9-3-4-11(17)10(7-9)16(19,20)21/h3-7H,1-2H3,(H,22,23). The third kappa shape index (κ3) is 4.29. The van der Waals surface area contributed by atoms with Gasteiger partial charge in [-0.2, -0.15) is 13.2 Å². The fraction of sp³-hybridized carbons (Fsp3) is 0.188. The quantitative estimate of drug-likeness (QED) is 0.768. The van der Waals surface area contributed by atoms with E-state index in [1.165, 1.54) is 32.4 Å². The Bertz CT molecular complexity index is 810. The highest BCUT2D eigenvalue weighted by Crippen LogP contribution is 2.37. The van der Waals surface area contributed by atoms with Gasteiger partial charge in [-0.1, -0.05) is 23.2 Å². The monoisotopic (exact) mass is 393 g/mol. The number of ether oxygens (including phenoxy) is 2. The second-order valence-electron chi connectivity index (χ2n) is 4.84. The van der Waals surface area contributed by atoms with E-state index in [1.807, 2.05) is 0 Å². The van der Waals surface area contributed by atoms with Crippen molar-refractivity contribution in [3.63, 3.8) is 0 Å². The lowest BCUT2D eigenvalue weighted by Gasteiger charge is -2.13. The molecule has 0 fully saturated rings.